The van der Waals surface area contributed by atoms with Crippen molar-refractivity contribution >= 4 is 11.9 Å². The van der Waals surface area contributed by atoms with Crippen molar-refractivity contribution in [3.63, 3.8) is 0 Å². The molecule has 0 aromatic rings. The molecule has 13 nitrogen and oxygen atoms in total. The molecule has 13 heteroatoms. The average Bonchev–Trinajstić information content (AvgIpc) is 3.07. The monoisotopic (exact) mass is 724 g/mol. The third-order valence-corrected chi connectivity index (χ3v) is 6.82. The fourth-order valence-corrected chi connectivity index (χ4v) is 4.28. The summed E-state index contributed by atoms with van der Waals surface area (Å²) < 4.78 is 59.5. The van der Waals surface area contributed by atoms with Gasteiger partial charge in [0.25, 0.3) is 0 Å². The Bertz CT molecular complexity index is 718. The molecular formula is C37H72O13. The summed E-state index contributed by atoms with van der Waals surface area (Å²) in [6.07, 6.45) is 11.8. The van der Waals surface area contributed by atoms with Gasteiger partial charge in [0.05, 0.1) is 125 Å². The minimum absolute atomic E-state index is 0.140. The number of rotatable bonds is 40. The summed E-state index contributed by atoms with van der Waals surface area (Å²) >= 11 is 0. The van der Waals surface area contributed by atoms with Crippen molar-refractivity contribution in [2.45, 2.75) is 104 Å². The largest absolute Gasteiger partial charge is 0.463 e. The van der Waals surface area contributed by atoms with Crippen LogP contribution in [0.25, 0.3) is 0 Å². The maximum atomic E-state index is 11.8. The Labute approximate surface area is 302 Å². The maximum absolute atomic E-state index is 11.8. The van der Waals surface area contributed by atoms with Gasteiger partial charge in [-0.2, -0.15) is 0 Å². The fourth-order valence-electron chi connectivity index (χ4n) is 4.28. The first kappa shape index (κ1) is 48.6. The molecule has 0 N–H and O–H groups in total. The lowest BCUT2D eigenvalue weighted by Crippen LogP contribution is -2.24. The first-order valence-electron chi connectivity index (χ1n) is 18.9. The normalized spacial score (nSPS) is 11.7. The van der Waals surface area contributed by atoms with Gasteiger partial charge in [0, 0.05) is 6.42 Å². The summed E-state index contributed by atoms with van der Waals surface area (Å²) in [4.78, 5) is 23.3. The zero-order valence-corrected chi connectivity index (χ0v) is 32.0. The molecule has 0 aliphatic carbocycles. The molecule has 0 heterocycles. The maximum Gasteiger partial charge on any atom is 0.308 e. The summed E-state index contributed by atoms with van der Waals surface area (Å²) in [6, 6.07) is 0. The van der Waals surface area contributed by atoms with E-state index >= 15 is 0 Å². The van der Waals surface area contributed by atoms with E-state index in [2.05, 4.69) is 6.92 Å². The molecule has 0 bridgehead atoms. The van der Waals surface area contributed by atoms with Crippen LogP contribution in [0.1, 0.15) is 98.3 Å². The number of ether oxygens (including phenoxy) is 11. The van der Waals surface area contributed by atoms with Crippen LogP contribution < -0.4 is 0 Å². The van der Waals surface area contributed by atoms with Crippen molar-refractivity contribution in [1.29, 1.82) is 0 Å². The molecule has 0 atom stereocenters. The lowest BCUT2D eigenvalue weighted by Gasteiger charge is -2.19. The summed E-state index contributed by atoms with van der Waals surface area (Å²) in [7, 11) is 0. The quantitative estimate of drug-likeness (QED) is 0.0596. The average molecular weight is 725 g/mol. The summed E-state index contributed by atoms with van der Waals surface area (Å²) in [5.41, 5.74) is -0.475. The third kappa shape index (κ3) is 42.7. The number of esters is 2. The van der Waals surface area contributed by atoms with E-state index in [0.29, 0.717) is 125 Å². The Morgan fingerprint density at radius 3 is 1.00 bits per heavy atom. The zero-order valence-electron chi connectivity index (χ0n) is 32.0. The van der Waals surface area contributed by atoms with Crippen LogP contribution >= 0.6 is 0 Å². The van der Waals surface area contributed by atoms with Crippen LogP contribution in [-0.4, -0.2) is 143 Å². The van der Waals surface area contributed by atoms with Crippen molar-refractivity contribution in [1.82, 2.24) is 0 Å². The highest BCUT2D eigenvalue weighted by atomic mass is 16.6. The minimum Gasteiger partial charge on any atom is -0.463 e. The smallest absolute Gasteiger partial charge is 0.308 e. The molecule has 0 aliphatic rings. The Balaban J connectivity index is 3.15. The van der Waals surface area contributed by atoms with Crippen molar-refractivity contribution in [2.75, 3.05) is 126 Å². The van der Waals surface area contributed by atoms with Gasteiger partial charge in [0.2, 0.25) is 0 Å². The molecule has 50 heavy (non-hydrogen) atoms. The Kier molecular flexibility index (Phi) is 37.7. The molecule has 0 saturated heterocycles. The van der Waals surface area contributed by atoms with Crippen LogP contribution in [0.4, 0.5) is 0 Å². The Morgan fingerprint density at radius 1 is 0.360 bits per heavy atom. The van der Waals surface area contributed by atoms with E-state index < -0.39 is 5.60 Å². The van der Waals surface area contributed by atoms with E-state index in [9.17, 15) is 9.59 Å². The summed E-state index contributed by atoms with van der Waals surface area (Å²) in [5.74, 6) is -0.406. The zero-order chi connectivity index (χ0) is 36.6. The van der Waals surface area contributed by atoms with E-state index in [0.717, 1.165) is 12.8 Å². The molecule has 0 saturated carbocycles. The number of unbranched alkanes of at least 4 members (excludes halogenated alkanes) is 8. The molecule has 0 fully saturated rings. The molecule has 0 aliphatic heterocycles. The second-order valence-electron chi connectivity index (χ2n) is 12.6. The summed E-state index contributed by atoms with van der Waals surface area (Å²) in [6.45, 7) is 16.3. The van der Waals surface area contributed by atoms with Gasteiger partial charge in [0.1, 0.15) is 12.2 Å². The molecule has 0 amide bonds. The SMILES string of the molecule is CCCCCCCCCCCC(=O)OCCOCCOCCOCCOCCOCCOCCOCCOCCOCCC(=O)OC(C)(C)C. The molecule has 0 radical (unpaired) electrons. The van der Waals surface area contributed by atoms with Gasteiger partial charge >= 0.3 is 11.9 Å². The first-order chi connectivity index (χ1) is 24.3. The summed E-state index contributed by atoms with van der Waals surface area (Å²) in [5, 5.41) is 0. The van der Waals surface area contributed by atoms with Gasteiger partial charge in [0.15, 0.2) is 0 Å². The van der Waals surface area contributed by atoms with Gasteiger partial charge < -0.3 is 52.1 Å². The molecule has 0 rings (SSSR count). The van der Waals surface area contributed by atoms with Gasteiger partial charge in [-0.15, -0.1) is 0 Å². The molecule has 0 spiro atoms. The van der Waals surface area contributed by atoms with Crippen LogP contribution in [0.3, 0.4) is 0 Å². The predicted molar refractivity (Wildman–Crippen MR) is 191 cm³/mol. The van der Waals surface area contributed by atoms with Crippen molar-refractivity contribution in [2.24, 2.45) is 0 Å². The number of hydrogen-bond donors (Lipinski definition) is 0. The fraction of sp³-hybridized carbons (Fsp3) is 0.946. The van der Waals surface area contributed by atoms with Crippen LogP contribution in [0.2, 0.25) is 0 Å². The van der Waals surface area contributed by atoms with Gasteiger partial charge in [-0.25, -0.2) is 0 Å². The standard InChI is InChI=1S/C37H72O13/c1-5-6-7-8-9-10-11-12-13-14-35(38)49-34-33-48-32-31-47-30-29-46-28-27-45-26-25-44-24-23-43-22-21-42-20-19-41-18-17-40-16-15-36(39)50-37(2,3)4/h5-34H2,1-4H3. The third-order valence-electron chi connectivity index (χ3n) is 6.82. The first-order valence-corrected chi connectivity index (χ1v) is 18.9. The van der Waals surface area contributed by atoms with E-state index in [4.69, 9.17) is 52.1 Å². The van der Waals surface area contributed by atoms with Crippen molar-refractivity contribution in [3.05, 3.63) is 0 Å². The number of hydrogen-bond acceptors (Lipinski definition) is 13. The topological polar surface area (TPSA) is 136 Å². The number of carbonyl (C=O) groups excluding carboxylic acids is 2. The molecule has 0 unspecified atom stereocenters. The van der Waals surface area contributed by atoms with Gasteiger partial charge in [-0.1, -0.05) is 58.3 Å². The Hall–Kier alpha value is -1.42. The molecule has 298 valence electrons. The highest BCUT2D eigenvalue weighted by Crippen LogP contribution is 2.11. The Morgan fingerprint density at radius 2 is 0.660 bits per heavy atom. The second kappa shape index (κ2) is 38.8. The van der Waals surface area contributed by atoms with Crippen LogP contribution in [0.5, 0.6) is 0 Å². The molecule has 0 aromatic heterocycles. The number of carbonyl (C=O) groups is 2. The lowest BCUT2D eigenvalue weighted by atomic mass is 10.1. The van der Waals surface area contributed by atoms with Crippen LogP contribution in [0, 0.1) is 0 Å². The van der Waals surface area contributed by atoms with E-state index in [-0.39, 0.29) is 25.0 Å². The van der Waals surface area contributed by atoms with E-state index in [1.807, 2.05) is 20.8 Å². The predicted octanol–water partition coefficient (Wildman–Crippen LogP) is 5.33. The highest BCUT2D eigenvalue weighted by Gasteiger charge is 2.15. The van der Waals surface area contributed by atoms with Crippen LogP contribution in [0.15, 0.2) is 0 Å². The lowest BCUT2D eigenvalue weighted by molar-refractivity contribution is -0.156. The molecule has 0 aromatic carbocycles. The van der Waals surface area contributed by atoms with E-state index in [1.54, 1.807) is 0 Å². The second-order valence-corrected chi connectivity index (χ2v) is 12.6. The van der Waals surface area contributed by atoms with E-state index in [1.165, 1.54) is 44.9 Å². The van der Waals surface area contributed by atoms with Gasteiger partial charge in [-0.05, 0) is 27.2 Å². The van der Waals surface area contributed by atoms with Crippen molar-refractivity contribution < 1.29 is 61.7 Å². The molecular weight excluding hydrogens is 652 g/mol. The van der Waals surface area contributed by atoms with Crippen LogP contribution in [-0.2, 0) is 61.7 Å². The van der Waals surface area contributed by atoms with Crippen molar-refractivity contribution in [3.8, 4) is 0 Å². The highest BCUT2D eigenvalue weighted by molar-refractivity contribution is 5.70. The minimum atomic E-state index is -0.475. The van der Waals surface area contributed by atoms with Gasteiger partial charge in [-0.3, -0.25) is 9.59 Å².